The van der Waals surface area contributed by atoms with E-state index in [0.29, 0.717) is 23.7 Å². The first-order chi connectivity index (χ1) is 7.67. The molecule has 86 valence electrons. The summed E-state index contributed by atoms with van der Waals surface area (Å²) in [5.41, 5.74) is 2.12. The molecule has 1 amide bonds. The van der Waals surface area contributed by atoms with Crippen molar-refractivity contribution in [2.45, 2.75) is 19.2 Å². The summed E-state index contributed by atoms with van der Waals surface area (Å²) >= 11 is 5.71. The minimum atomic E-state index is -0.962. The standard InChI is InChI=1S/C11H13ClN2O2/c1-2-14-10(15)8-4-3-7(6-12)5-9(8)13-11(14)16/h3-5,11,13,16H,2,6H2,1H3. The van der Waals surface area contributed by atoms with E-state index in [9.17, 15) is 9.90 Å². The lowest BCUT2D eigenvalue weighted by Gasteiger charge is -2.33. The fraction of sp³-hybridized carbons (Fsp3) is 0.364. The predicted octanol–water partition coefficient (Wildman–Crippen LogP) is 1.59. The zero-order valence-electron chi connectivity index (χ0n) is 8.90. The first kappa shape index (κ1) is 11.2. The minimum Gasteiger partial charge on any atom is -0.356 e. The second kappa shape index (κ2) is 4.31. The van der Waals surface area contributed by atoms with Gasteiger partial charge in [-0.15, -0.1) is 11.6 Å². The van der Waals surface area contributed by atoms with E-state index >= 15 is 0 Å². The Bertz CT molecular complexity index is 422. The molecule has 1 atom stereocenters. The number of aliphatic hydroxyl groups excluding tert-OH is 1. The number of benzene rings is 1. The zero-order chi connectivity index (χ0) is 11.7. The molecule has 0 aromatic heterocycles. The number of hydrogen-bond donors (Lipinski definition) is 2. The van der Waals surface area contributed by atoms with Gasteiger partial charge in [-0.05, 0) is 24.6 Å². The summed E-state index contributed by atoms with van der Waals surface area (Å²) in [5, 5.41) is 12.6. The van der Waals surface area contributed by atoms with Gasteiger partial charge in [-0.3, -0.25) is 9.69 Å². The van der Waals surface area contributed by atoms with Crippen molar-refractivity contribution in [3.05, 3.63) is 29.3 Å². The maximum absolute atomic E-state index is 12.0. The number of carbonyl (C=O) groups excluding carboxylic acids is 1. The summed E-state index contributed by atoms with van der Waals surface area (Å²) in [6, 6.07) is 5.34. The van der Waals surface area contributed by atoms with Gasteiger partial charge in [0.05, 0.1) is 11.3 Å². The number of carbonyl (C=O) groups is 1. The lowest BCUT2D eigenvalue weighted by Crippen LogP contribution is -2.48. The average Bonchev–Trinajstić information content (AvgIpc) is 2.28. The topological polar surface area (TPSA) is 52.6 Å². The van der Waals surface area contributed by atoms with Crippen LogP contribution in [0.15, 0.2) is 18.2 Å². The zero-order valence-corrected chi connectivity index (χ0v) is 9.66. The van der Waals surface area contributed by atoms with Gasteiger partial charge in [0.1, 0.15) is 0 Å². The van der Waals surface area contributed by atoms with Gasteiger partial charge in [0.2, 0.25) is 6.35 Å². The molecular weight excluding hydrogens is 228 g/mol. The molecule has 1 unspecified atom stereocenters. The van der Waals surface area contributed by atoms with E-state index in [1.807, 2.05) is 13.0 Å². The molecule has 1 aliphatic heterocycles. The van der Waals surface area contributed by atoms with E-state index in [2.05, 4.69) is 5.32 Å². The molecule has 4 nitrogen and oxygen atoms in total. The van der Waals surface area contributed by atoms with Crippen molar-refractivity contribution in [1.82, 2.24) is 4.90 Å². The normalized spacial score (nSPS) is 19.3. The van der Waals surface area contributed by atoms with E-state index in [-0.39, 0.29) is 5.91 Å². The van der Waals surface area contributed by atoms with Crippen molar-refractivity contribution >= 4 is 23.2 Å². The lowest BCUT2D eigenvalue weighted by atomic mass is 10.1. The number of nitrogens with one attached hydrogen (secondary N) is 1. The molecule has 0 spiro atoms. The van der Waals surface area contributed by atoms with Crippen LogP contribution in [0.3, 0.4) is 0 Å². The number of nitrogens with zero attached hydrogens (tertiary/aromatic N) is 1. The third kappa shape index (κ3) is 1.74. The number of aliphatic hydroxyl groups is 1. The number of fused-ring (bicyclic) bond motifs is 1. The quantitative estimate of drug-likeness (QED) is 0.772. The Morgan fingerprint density at radius 2 is 2.31 bits per heavy atom. The first-order valence-electron chi connectivity index (χ1n) is 5.11. The summed E-state index contributed by atoms with van der Waals surface area (Å²) in [4.78, 5) is 13.3. The first-order valence-corrected chi connectivity index (χ1v) is 5.65. The number of anilines is 1. The van der Waals surface area contributed by atoms with Gasteiger partial charge in [0, 0.05) is 12.4 Å². The molecule has 1 aliphatic rings. The second-order valence-electron chi connectivity index (χ2n) is 3.62. The van der Waals surface area contributed by atoms with Crippen molar-refractivity contribution in [3.8, 4) is 0 Å². The average molecular weight is 241 g/mol. The molecule has 1 aromatic rings. The minimum absolute atomic E-state index is 0.162. The van der Waals surface area contributed by atoms with Crippen LogP contribution in [0.5, 0.6) is 0 Å². The lowest BCUT2D eigenvalue weighted by molar-refractivity contribution is 0.0210. The van der Waals surface area contributed by atoms with Crippen LogP contribution < -0.4 is 5.32 Å². The van der Waals surface area contributed by atoms with Crippen molar-refractivity contribution < 1.29 is 9.90 Å². The molecule has 0 saturated heterocycles. The third-order valence-corrected chi connectivity index (χ3v) is 2.96. The largest absolute Gasteiger partial charge is 0.356 e. The highest BCUT2D eigenvalue weighted by Gasteiger charge is 2.29. The van der Waals surface area contributed by atoms with Crippen molar-refractivity contribution in [2.24, 2.45) is 0 Å². The Morgan fingerprint density at radius 1 is 1.56 bits per heavy atom. The summed E-state index contributed by atoms with van der Waals surface area (Å²) in [5.74, 6) is 0.223. The summed E-state index contributed by atoms with van der Waals surface area (Å²) in [6.07, 6.45) is -0.962. The van der Waals surface area contributed by atoms with Crippen LogP contribution in [0, 0.1) is 0 Å². The van der Waals surface area contributed by atoms with E-state index in [1.54, 1.807) is 12.1 Å². The molecule has 0 fully saturated rings. The van der Waals surface area contributed by atoms with Crippen molar-refractivity contribution in [2.75, 3.05) is 11.9 Å². The molecule has 2 N–H and O–H groups in total. The smallest absolute Gasteiger partial charge is 0.259 e. The summed E-state index contributed by atoms with van der Waals surface area (Å²) in [6.45, 7) is 2.28. The molecule has 2 rings (SSSR count). The predicted molar refractivity (Wildman–Crippen MR) is 62.3 cm³/mol. The molecule has 0 saturated carbocycles. The fourth-order valence-electron chi connectivity index (χ4n) is 1.78. The highest BCUT2D eigenvalue weighted by atomic mass is 35.5. The Morgan fingerprint density at radius 3 is 2.94 bits per heavy atom. The van der Waals surface area contributed by atoms with Gasteiger partial charge in [0.15, 0.2) is 0 Å². The van der Waals surface area contributed by atoms with Crippen LogP contribution in [0.2, 0.25) is 0 Å². The van der Waals surface area contributed by atoms with Gasteiger partial charge in [-0.1, -0.05) is 6.07 Å². The SMILES string of the molecule is CCN1C(=O)c2ccc(CCl)cc2NC1O. The molecule has 0 aliphatic carbocycles. The highest BCUT2D eigenvalue weighted by Crippen LogP contribution is 2.26. The van der Waals surface area contributed by atoms with Gasteiger partial charge < -0.3 is 10.4 Å². The van der Waals surface area contributed by atoms with Crippen molar-refractivity contribution in [3.63, 3.8) is 0 Å². The monoisotopic (exact) mass is 240 g/mol. The number of amides is 1. The molecule has 1 heterocycles. The van der Waals surface area contributed by atoms with Crippen LogP contribution in [0.4, 0.5) is 5.69 Å². The van der Waals surface area contributed by atoms with Crippen molar-refractivity contribution in [1.29, 1.82) is 0 Å². The van der Waals surface area contributed by atoms with E-state index in [1.165, 1.54) is 4.90 Å². The number of alkyl halides is 1. The maximum atomic E-state index is 12.0. The number of halogens is 1. The Hall–Kier alpha value is -1.26. The van der Waals surface area contributed by atoms with Gasteiger partial charge in [0.25, 0.3) is 5.91 Å². The van der Waals surface area contributed by atoms with Gasteiger partial charge >= 0.3 is 0 Å². The van der Waals surface area contributed by atoms with Crippen LogP contribution in [-0.2, 0) is 5.88 Å². The number of hydrogen-bond acceptors (Lipinski definition) is 3. The molecule has 0 radical (unpaired) electrons. The summed E-state index contributed by atoms with van der Waals surface area (Å²) in [7, 11) is 0. The molecular formula is C11H13ClN2O2. The third-order valence-electron chi connectivity index (χ3n) is 2.65. The van der Waals surface area contributed by atoms with Crippen LogP contribution in [0.1, 0.15) is 22.8 Å². The maximum Gasteiger partial charge on any atom is 0.259 e. The molecule has 1 aromatic carbocycles. The highest BCUT2D eigenvalue weighted by molar-refractivity contribution is 6.17. The number of rotatable bonds is 2. The van der Waals surface area contributed by atoms with E-state index in [4.69, 9.17) is 11.6 Å². The molecule has 0 bridgehead atoms. The van der Waals surface area contributed by atoms with E-state index < -0.39 is 6.35 Å². The summed E-state index contributed by atoms with van der Waals surface area (Å²) < 4.78 is 0. The van der Waals surface area contributed by atoms with Crippen LogP contribution >= 0.6 is 11.6 Å². The van der Waals surface area contributed by atoms with Crippen LogP contribution in [0.25, 0.3) is 0 Å². The van der Waals surface area contributed by atoms with E-state index in [0.717, 1.165) is 5.56 Å². The Labute approximate surface area is 98.8 Å². The second-order valence-corrected chi connectivity index (χ2v) is 3.89. The Kier molecular flexibility index (Phi) is 3.03. The van der Waals surface area contributed by atoms with Gasteiger partial charge in [-0.2, -0.15) is 0 Å². The Balaban J connectivity index is 2.42. The molecule has 5 heteroatoms. The van der Waals surface area contributed by atoms with Crippen LogP contribution in [-0.4, -0.2) is 28.8 Å². The molecule has 16 heavy (non-hydrogen) atoms. The fourth-order valence-corrected chi connectivity index (χ4v) is 1.95. The van der Waals surface area contributed by atoms with Gasteiger partial charge in [-0.25, -0.2) is 0 Å².